The van der Waals surface area contributed by atoms with Crippen LogP contribution in [0.1, 0.15) is 5.56 Å². The highest BCUT2D eigenvalue weighted by molar-refractivity contribution is 7.14. The standard InChI is InChI=1S/C20H22N4OS/c1-15-4-6-16(7-5-15)19-14-26-20(23-19)24-10-9-22-11-17(24)13-25-18-3-2-8-21-12-18/h2-8,12,14,17,22H,9-11,13H2,1H3. The summed E-state index contributed by atoms with van der Waals surface area (Å²) in [6, 6.07) is 12.6. The number of aromatic nitrogens is 2. The zero-order chi connectivity index (χ0) is 17.8. The minimum Gasteiger partial charge on any atom is -0.490 e. The SMILES string of the molecule is Cc1ccc(-c2csc(N3CCNCC3COc3cccnc3)n2)cc1. The summed E-state index contributed by atoms with van der Waals surface area (Å²) < 4.78 is 5.93. The third kappa shape index (κ3) is 3.86. The molecule has 5 nitrogen and oxygen atoms in total. The van der Waals surface area contributed by atoms with E-state index in [0.717, 1.165) is 41.8 Å². The van der Waals surface area contributed by atoms with Crippen molar-refractivity contribution in [1.29, 1.82) is 0 Å². The second-order valence-corrected chi connectivity index (χ2v) is 7.27. The third-order valence-corrected chi connectivity index (χ3v) is 5.39. The molecule has 4 rings (SSSR count). The third-order valence-electron chi connectivity index (χ3n) is 4.51. The van der Waals surface area contributed by atoms with Crippen molar-refractivity contribution in [2.24, 2.45) is 0 Å². The van der Waals surface area contributed by atoms with Gasteiger partial charge in [0.05, 0.1) is 17.9 Å². The fourth-order valence-electron chi connectivity index (χ4n) is 3.04. The van der Waals surface area contributed by atoms with Crippen LogP contribution in [-0.2, 0) is 0 Å². The van der Waals surface area contributed by atoms with E-state index in [1.807, 2.05) is 12.1 Å². The molecule has 2 aromatic heterocycles. The van der Waals surface area contributed by atoms with Crippen molar-refractivity contribution in [2.75, 3.05) is 31.1 Å². The van der Waals surface area contributed by atoms with Gasteiger partial charge in [0.1, 0.15) is 12.4 Å². The lowest BCUT2D eigenvalue weighted by atomic mass is 10.1. The molecule has 134 valence electrons. The van der Waals surface area contributed by atoms with E-state index in [1.165, 1.54) is 5.56 Å². The van der Waals surface area contributed by atoms with E-state index in [1.54, 1.807) is 23.7 Å². The maximum atomic E-state index is 5.93. The second-order valence-electron chi connectivity index (χ2n) is 6.43. The summed E-state index contributed by atoms with van der Waals surface area (Å²) >= 11 is 1.70. The lowest BCUT2D eigenvalue weighted by molar-refractivity contribution is 0.266. The molecule has 0 saturated carbocycles. The maximum absolute atomic E-state index is 5.93. The summed E-state index contributed by atoms with van der Waals surface area (Å²) in [7, 11) is 0. The van der Waals surface area contributed by atoms with Gasteiger partial charge in [0.25, 0.3) is 0 Å². The normalized spacial score (nSPS) is 17.3. The summed E-state index contributed by atoms with van der Waals surface area (Å²) in [5, 5.41) is 6.65. The maximum Gasteiger partial charge on any atom is 0.186 e. The highest BCUT2D eigenvalue weighted by Gasteiger charge is 2.25. The Bertz CT molecular complexity index is 835. The van der Waals surface area contributed by atoms with E-state index in [0.29, 0.717) is 6.61 Å². The number of pyridine rings is 1. The molecule has 1 aliphatic heterocycles. The molecule has 1 saturated heterocycles. The Hall–Kier alpha value is -2.44. The molecule has 1 N–H and O–H groups in total. The number of anilines is 1. The van der Waals surface area contributed by atoms with Gasteiger partial charge in [-0.25, -0.2) is 4.98 Å². The summed E-state index contributed by atoms with van der Waals surface area (Å²) in [5.41, 5.74) is 3.46. The molecule has 3 heterocycles. The Morgan fingerprint density at radius 3 is 2.96 bits per heavy atom. The van der Waals surface area contributed by atoms with Gasteiger partial charge >= 0.3 is 0 Å². The van der Waals surface area contributed by atoms with Gasteiger partial charge in [0.2, 0.25) is 0 Å². The largest absolute Gasteiger partial charge is 0.490 e. The summed E-state index contributed by atoms with van der Waals surface area (Å²) in [4.78, 5) is 11.3. The first kappa shape index (κ1) is 17.0. The molecule has 0 bridgehead atoms. The number of thiazole rings is 1. The van der Waals surface area contributed by atoms with Crippen LogP contribution in [0.3, 0.4) is 0 Å². The Morgan fingerprint density at radius 2 is 2.15 bits per heavy atom. The van der Waals surface area contributed by atoms with E-state index in [-0.39, 0.29) is 6.04 Å². The van der Waals surface area contributed by atoms with Crippen molar-refractivity contribution in [1.82, 2.24) is 15.3 Å². The van der Waals surface area contributed by atoms with Gasteiger partial charge in [-0.15, -0.1) is 11.3 Å². The number of aryl methyl sites for hydroxylation is 1. The average Bonchev–Trinajstić information content (AvgIpc) is 3.18. The number of nitrogens with zero attached hydrogens (tertiary/aromatic N) is 3. The molecular formula is C20H22N4OS. The highest BCUT2D eigenvalue weighted by atomic mass is 32.1. The van der Waals surface area contributed by atoms with E-state index < -0.39 is 0 Å². The molecule has 1 aliphatic rings. The predicted octanol–water partition coefficient (Wildman–Crippen LogP) is 3.37. The quantitative estimate of drug-likeness (QED) is 0.750. The zero-order valence-electron chi connectivity index (χ0n) is 14.8. The van der Waals surface area contributed by atoms with Gasteiger partial charge in [-0.1, -0.05) is 29.8 Å². The van der Waals surface area contributed by atoms with Crippen LogP contribution < -0.4 is 15.0 Å². The molecule has 6 heteroatoms. The first-order valence-corrected chi connectivity index (χ1v) is 9.70. The van der Waals surface area contributed by atoms with Crippen LogP contribution in [0, 0.1) is 6.92 Å². The number of piperazine rings is 1. The molecule has 0 amide bonds. The van der Waals surface area contributed by atoms with Crippen molar-refractivity contribution >= 4 is 16.5 Å². The number of hydrogen-bond acceptors (Lipinski definition) is 6. The fourth-order valence-corrected chi connectivity index (χ4v) is 3.97. The first-order valence-electron chi connectivity index (χ1n) is 8.82. The van der Waals surface area contributed by atoms with E-state index in [2.05, 4.69) is 51.8 Å². The van der Waals surface area contributed by atoms with Crippen molar-refractivity contribution in [3.8, 4) is 17.0 Å². The van der Waals surface area contributed by atoms with Gasteiger partial charge in [-0.2, -0.15) is 0 Å². The smallest absolute Gasteiger partial charge is 0.186 e. The molecule has 0 spiro atoms. The second kappa shape index (κ2) is 7.85. The molecule has 26 heavy (non-hydrogen) atoms. The van der Waals surface area contributed by atoms with Crippen LogP contribution in [-0.4, -0.2) is 42.3 Å². The molecule has 3 aromatic rings. The molecule has 1 unspecified atom stereocenters. The van der Waals surface area contributed by atoms with Crippen molar-refractivity contribution < 1.29 is 4.74 Å². The molecule has 0 radical (unpaired) electrons. The summed E-state index contributed by atoms with van der Waals surface area (Å²) in [5.74, 6) is 0.803. The number of ether oxygens (including phenoxy) is 1. The van der Waals surface area contributed by atoms with Crippen LogP contribution in [0.15, 0.2) is 54.2 Å². The lowest BCUT2D eigenvalue weighted by Crippen LogP contribution is -2.54. The van der Waals surface area contributed by atoms with Crippen LogP contribution in [0.5, 0.6) is 5.75 Å². The van der Waals surface area contributed by atoms with Crippen LogP contribution >= 0.6 is 11.3 Å². The van der Waals surface area contributed by atoms with E-state index in [9.17, 15) is 0 Å². The van der Waals surface area contributed by atoms with Gasteiger partial charge in [0.15, 0.2) is 5.13 Å². The lowest BCUT2D eigenvalue weighted by Gasteiger charge is -2.35. The van der Waals surface area contributed by atoms with Crippen LogP contribution in [0.4, 0.5) is 5.13 Å². The Kier molecular flexibility index (Phi) is 5.13. The average molecular weight is 366 g/mol. The summed E-state index contributed by atoms with van der Waals surface area (Å²) in [6.45, 7) is 5.49. The Morgan fingerprint density at radius 1 is 1.27 bits per heavy atom. The van der Waals surface area contributed by atoms with Crippen molar-refractivity contribution in [2.45, 2.75) is 13.0 Å². The zero-order valence-corrected chi connectivity index (χ0v) is 15.6. The number of benzene rings is 1. The first-order chi connectivity index (χ1) is 12.8. The van der Waals surface area contributed by atoms with Crippen LogP contribution in [0.25, 0.3) is 11.3 Å². The van der Waals surface area contributed by atoms with Gasteiger partial charge < -0.3 is 15.0 Å². The van der Waals surface area contributed by atoms with E-state index >= 15 is 0 Å². The van der Waals surface area contributed by atoms with Crippen LogP contribution in [0.2, 0.25) is 0 Å². The summed E-state index contributed by atoms with van der Waals surface area (Å²) in [6.07, 6.45) is 3.50. The van der Waals surface area contributed by atoms with E-state index in [4.69, 9.17) is 9.72 Å². The van der Waals surface area contributed by atoms with Gasteiger partial charge in [-0.05, 0) is 19.1 Å². The Labute approximate surface area is 157 Å². The minimum absolute atomic E-state index is 0.251. The highest BCUT2D eigenvalue weighted by Crippen LogP contribution is 2.29. The Balaban J connectivity index is 1.48. The minimum atomic E-state index is 0.251. The van der Waals surface area contributed by atoms with Crippen molar-refractivity contribution in [3.05, 3.63) is 59.7 Å². The topological polar surface area (TPSA) is 50.3 Å². The van der Waals surface area contributed by atoms with Gasteiger partial charge in [0, 0.05) is 36.8 Å². The molecule has 0 aliphatic carbocycles. The monoisotopic (exact) mass is 366 g/mol. The fraction of sp³-hybridized carbons (Fsp3) is 0.300. The number of hydrogen-bond donors (Lipinski definition) is 1. The molecular weight excluding hydrogens is 344 g/mol. The number of nitrogens with one attached hydrogen (secondary N) is 1. The molecule has 1 atom stereocenters. The van der Waals surface area contributed by atoms with Gasteiger partial charge in [-0.3, -0.25) is 4.98 Å². The molecule has 1 aromatic carbocycles. The molecule has 1 fully saturated rings. The predicted molar refractivity (Wildman–Crippen MR) is 106 cm³/mol. The van der Waals surface area contributed by atoms with Crippen molar-refractivity contribution in [3.63, 3.8) is 0 Å². The number of rotatable bonds is 5.